The van der Waals surface area contributed by atoms with Crippen LogP contribution in [0.5, 0.6) is 17.2 Å². The molecule has 0 saturated carbocycles. The molecule has 1 heterocycles. The van der Waals surface area contributed by atoms with Crippen molar-refractivity contribution in [1.82, 2.24) is 15.2 Å². The molecule has 3 aromatic rings. The molecule has 0 atom stereocenters. The Morgan fingerprint density at radius 2 is 1.79 bits per heavy atom. The maximum absolute atomic E-state index is 12.1. The monoisotopic (exact) mass is 396 g/mol. The molecule has 0 aliphatic heterocycles. The minimum Gasteiger partial charge on any atom is -0.497 e. The van der Waals surface area contributed by atoms with Gasteiger partial charge in [0.15, 0.2) is 17.3 Å². The average molecular weight is 396 g/mol. The third-order valence-electron chi connectivity index (χ3n) is 4.05. The first kappa shape index (κ1) is 20.2. The van der Waals surface area contributed by atoms with Crippen LogP contribution in [0.4, 0.5) is 5.95 Å². The number of amides is 1. The summed E-state index contributed by atoms with van der Waals surface area (Å²) in [6, 6.07) is 14.9. The second-order valence-corrected chi connectivity index (χ2v) is 6.12. The molecule has 0 saturated heterocycles. The van der Waals surface area contributed by atoms with Crippen molar-refractivity contribution in [2.24, 2.45) is 0 Å². The van der Waals surface area contributed by atoms with Crippen molar-refractivity contribution in [3.63, 3.8) is 0 Å². The minimum atomic E-state index is -0.174. The molecule has 0 bridgehead atoms. The fraction of sp³-hybridized carbons (Fsp3) is 0.286. The van der Waals surface area contributed by atoms with Gasteiger partial charge in [-0.15, -0.1) is 5.10 Å². The maximum Gasteiger partial charge on any atom is 0.249 e. The van der Waals surface area contributed by atoms with Crippen LogP contribution in [0.15, 0.2) is 48.5 Å². The Balaban J connectivity index is 1.45. The molecule has 0 aliphatic rings. The Bertz CT molecular complexity index is 924. The Morgan fingerprint density at radius 3 is 2.48 bits per heavy atom. The number of aromatic nitrogens is 3. The predicted octanol–water partition coefficient (Wildman–Crippen LogP) is 3.68. The smallest absolute Gasteiger partial charge is 0.249 e. The van der Waals surface area contributed by atoms with E-state index in [4.69, 9.17) is 14.2 Å². The third kappa shape index (κ3) is 5.71. The van der Waals surface area contributed by atoms with Gasteiger partial charge in [-0.1, -0.05) is 12.1 Å². The van der Waals surface area contributed by atoms with E-state index in [0.717, 1.165) is 11.3 Å². The van der Waals surface area contributed by atoms with Gasteiger partial charge in [0.05, 0.1) is 20.3 Å². The number of methoxy groups -OCH3 is 1. The van der Waals surface area contributed by atoms with Gasteiger partial charge in [-0.25, -0.2) is 0 Å². The zero-order valence-electron chi connectivity index (χ0n) is 16.5. The number of benzene rings is 2. The first-order chi connectivity index (χ1) is 14.2. The van der Waals surface area contributed by atoms with Gasteiger partial charge >= 0.3 is 0 Å². The SMILES string of the molecule is CCOc1ccccc1OCCCC(=O)Nc1n[nH]c(-c2ccc(OC)cc2)n1. The van der Waals surface area contributed by atoms with E-state index < -0.39 is 0 Å². The van der Waals surface area contributed by atoms with Gasteiger partial charge in [0, 0.05) is 12.0 Å². The molecule has 0 unspecified atom stereocenters. The van der Waals surface area contributed by atoms with Gasteiger partial charge in [0.1, 0.15) is 5.75 Å². The van der Waals surface area contributed by atoms with Crippen molar-refractivity contribution in [3.05, 3.63) is 48.5 Å². The van der Waals surface area contributed by atoms with Crippen LogP contribution >= 0.6 is 0 Å². The van der Waals surface area contributed by atoms with Crippen molar-refractivity contribution in [3.8, 4) is 28.6 Å². The molecule has 0 spiro atoms. The molecular weight excluding hydrogens is 372 g/mol. The fourth-order valence-corrected chi connectivity index (χ4v) is 2.64. The lowest BCUT2D eigenvalue weighted by molar-refractivity contribution is -0.116. The number of aromatic amines is 1. The van der Waals surface area contributed by atoms with Gasteiger partial charge in [-0.3, -0.25) is 15.2 Å². The van der Waals surface area contributed by atoms with Crippen LogP contribution in [-0.4, -0.2) is 41.4 Å². The van der Waals surface area contributed by atoms with E-state index in [1.54, 1.807) is 7.11 Å². The summed E-state index contributed by atoms with van der Waals surface area (Å²) < 4.78 is 16.4. The van der Waals surface area contributed by atoms with Crippen molar-refractivity contribution in [2.75, 3.05) is 25.6 Å². The van der Waals surface area contributed by atoms with Gasteiger partial charge in [-0.05, 0) is 49.7 Å². The molecular formula is C21H24N4O4. The number of H-pyrrole nitrogens is 1. The van der Waals surface area contributed by atoms with Crippen molar-refractivity contribution >= 4 is 11.9 Å². The lowest BCUT2D eigenvalue weighted by Crippen LogP contribution is -2.14. The molecule has 0 fully saturated rings. The largest absolute Gasteiger partial charge is 0.497 e. The number of hydrogen-bond acceptors (Lipinski definition) is 6. The second kappa shape index (κ2) is 10.1. The number of carbonyl (C=O) groups excluding carboxylic acids is 1. The maximum atomic E-state index is 12.1. The quantitative estimate of drug-likeness (QED) is 0.507. The average Bonchev–Trinajstić information content (AvgIpc) is 3.21. The molecule has 29 heavy (non-hydrogen) atoms. The Labute approximate surface area is 169 Å². The van der Waals surface area contributed by atoms with E-state index in [2.05, 4.69) is 20.5 Å². The molecule has 8 nitrogen and oxygen atoms in total. The summed E-state index contributed by atoms with van der Waals surface area (Å²) in [5, 5.41) is 9.54. The van der Waals surface area contributed by atoms with Crippen LogP contribution in [0.25, 0.3) is 11.4 Å². The van der Waals surface area contributed by atoms with Crippen molar-refractivity contribution < 1.29 is 19.0 Å². The van der Waals surface area contributed by atoms with Gasteiger partial charge < -0.3 is 14.2 Å². The highest BCUT2D eigenvalue weighted by Gasteiger charge is 2.10. The number of nitrogens with one attached hydrogen (secondary N) is 2. The van der Waals surface area contributed by atoms with Crippen molar-refractivity contribution in [2.45, 2.75) is 19.8 Å². The molecule has 152 valence electrons. The summed E-state index contributed by atoms with van der Waals surface area (Å²) in [6.45, 7) is 2.89. The molecule has 3 rings (SSSR count). The Kier molecular flexibility index (Phi) is 7.05. The van der Waals surface area contributed by atoms with E-state index in [0.29, 0.717) is 43.4 Å². The molecule has 0 aliphatic carbocycles. The molecule has 8 heteroatoms. The lowest BCUT2D eigenvalue weighted by Gasteiger charge is -2.11. The predicted molar refractivity (Wildman–Crippen MR) is 109 cm³/mol. The highest BCUT2D eigenvalue weighted by Crippen LogP contribution is 2.26. The van der Waals surface area contributed by atoms with Gasteiger partial charge in [0.2, 0.25) is 11.9 Å². The van der Waals surface area contributed by atoms with Crippen LogP contribution < -0.4 is 19.5 Å². The van der Waals surface area contributed by atoms with Crippen molar-refractivity contribution in [1.29, 1.82) is 0 Å². The first-order valence-corrected chi connectivity index (χ1v) is 9.41. The summed E-state index contributed by atoms with van der Waals surface area (Å²) >= 11 is 0. The lowest BCUT2D eigenvalue weighted by atomic mass is 10.2. The van der Waals surface area contributed by atoms with E-state index >= 15 is 0 Å². The second-order valence-electron chi connectivity index (χ2n) is 6.12. The summed E-state index contributed by atoms with van der Waals surface area (Å²) in [5.41, 5.74) is 0.847. The van der Waals surface area contributed by atoms with Crippen LogP contribution in [0.1, 0.15) is 19.8 Å². The van der Waals surface area contributed by atoms with E-state index in [9.17, 15) is 4.79 Å². The van der Waals surface area contributed by atoms with Gasteiger partial charge in [0.25, 0.3) is 0 Å². The number of nitrogens with zero attached hydrogens (tertiary/aromatic N) is 2. The van der Waals surface area contributed by atoms with Crippen LogP contribution in [0.3, 0.4) is 0 Å². The van der Waals surface area contributed by atoms with Crippen LogP contribution in [0.2, 0.25) is 0 Å². The number of ether oxygens (including phenoxy) is 3. The number of para-hydroxylation sites is 2. The third-order valence-corrected chi connectivity index (χ3v) is 4.05. The van der Waals surface area contributed by atoms with E-state index in [-0.39, 0.29) is 11.9 Å². The molecule has 1 aromatic heterocycles. The summed E-state index contributed by atoms with van der Waals surface area (Å²) in [6.07, 6.45) is 0.852. The molecule has 1 amide bonds. The Hall–Kier alpha value is -3.55. The summed E-state index contributed by atoms with van der Waals surface area (Å²) in [5.74, 6) is 2.77. The number of rotatable bonds is 10. The number of hydrogen-bond donors (Lipinski definition) is 2. The summed E-state index contributed by atoms with van der Waals surface area (Å²) in [4.78, 5) is 16.4. The molecule has 0 radical (unpaired) electrons. The zero-order chi connectivity index (χ0) is 20.5. The topological polar surface area (TPSA) is 98.4 Å². The first-order valence-electron chi connectivity index (χ1n) is 9.41. The highest BCUT2D eigenvalue weighted by atomic mass is 16.5. The van der Waals surface area contributed by atoms with Gasteiger partial charge in [-0.2, -0.15) is 4.98 Å². The number of anilines is 1. The Morgan fingerprint density at radius 1 is 1.07 bits per heavy atom. The minimum absolute atomic E-state index is 0.174. The molecule has 2 aromatic carbocycles. The zero-order valence-corrected chi connectivity index (χ0v) is 16.5. The standard InChI is InChI=1S/C21H24N4O4/c1-3-28-17-7-4-5-8-18(17)29-14-6-9-19(26)22-21-23-20(24-25-21)15-10-12-16(27-2)13-11-15/h4-5,7-8,10-13H,3,6,9,14H2,1-2H3,(H2,22,23,24,25,26). The fourth-order valence-electron chi connectivity index (χ4n) is 2.64. The highest BCUT2D eigenvalue weighted by molar-refractivity contribution is 5.89. The van der Waals surface area contributed by atoms with Crippen LogP contribution in [-0.2, 0) is 4.79 Å². The van der Waals surface area contributed by atoms with E-state index in [1.807, 2.05) is 55.5 Å². The van der Waals surface area contributed by atoms with Crippen LogP contribution in [0, 0.1) is 0 Å². The number of carbonyl (C=O) groups is 1. The van der Waals surface area contributed by atoms with E-state index in [1.165, 1.54) is 0 Å². The molecule has 2 N–H and O–H groups in total. The summed E-state index contributed by atoms with van der Waals surface area (Å²) in [7, 11) is 1.61. The normalized spacial score (nSPS) is 10.4.